The summed E-state index contributed by atoms with van der Waals surface area (Å²) in [6.45, 7) is 6.61. The van der Waals surface area contributed by atoms with Gasteiger partial charge in [0.25, 0.3) is 0 Å². The van der Waals surface area contributed by atoms with E-state index in [1.165, 1.54) is 18.7 Å². The van der Waals surface area contributed by atoms with E-state index in [9.17, 15) is 0 Å². The molecule has 90 valence electrons. The Morgan fingerprint density at radius 1 is 1.31 bits per heavy atom. The highest BCUT2D eigenvalue weighted by Crippen LogP contribution is 2.29. The van der Waals surface area contributed by atoms with Gasteiger partial charge in [-0.3, -0.25) is 0 Å². The first-order chi connectivity index (χ1) is 7.74. The van der Waals surface area contributed by atoms with Crippen molar-refractivity contribution in [3.63, 3.8) is 0 Å². The molecule has 1 aromatic rings. The van der Waals surface area contributed by atoms with E-state index in [2.05, 4.69) is 40.2 Å². The third-order valence-electron chi connectivity index (χ3n) is 3.09. The fourth-order valence-electron chi connectivity index (χ4n) is 2.27. The Kier molecular flexibility index (Phi) is 3.86. The molecule has 0 atom stereocenters. The van der Waals surface area contributed by atoms with Crippen molar-refractivity contribution in [2.45, 2.75) is 43.8 Å². The summed E-state index contributed by atoms with van der Waals surface area (Å²) in [6, 6.07) is 0.447. The number of hydrogen-bond acceptors (Lipinski definition) is 4. The van der Waals surface area contributed by atoms with Gasteiger partial charge < -0.3 is 9.88 Å². The predicted octanol–water partition coefficient (Wildman–Crippen LogP) is 2.05. The minimum absolute atomic E-state index is 0.447. The van der Waals surface area contributed by atoms with E-state index in [4.69, 9.17) is 0 Å². The molecule has 2 heterocycles. The monoisotopic (exact) mass is 240 g/mol. The third-order valence-corrected chi connectivity index (χ3v) is 3.74. The van der Waals surface area contributed by atoms with Crippen LogP contribution in [0.3, 0.4) is 0 Å². The molecule has 0 amide bonds. The minimum Gasteiger partial charge on any atom is -0.317 e. The number of nitrogens with one attached hydrogen (secondary N) is 1. The van der Waals surface area contributed by atoms with Crippen LogP contribution in [0.5, 0.6) is 0 Å². The van der Waals surface area contributed by atoms with Crippen molar-refractivity contribution in [3.05, 3.63) is 5.82 Å². The van der Waals surface area contributed by atoms with Crippen LogP contribution in [0.1, 0.15) is 44.5 Å². The summed E-state index contributed by atoms with van der Waals surface area (Å²) in [5.41, 5.74) is 0. The molecule has 1 fully saturated rings. The van der Waals surface area contributed by atoms with Crippen LogP contribution in [0, 0.1) is 0 Å². The smallest absolute Gasteiger partial charge is 0.191 e. The van der Waals surface area contributed by atoms with Gasteiger partial charge in [-0.25, -0.2) is 0 Å². The molecule has 4 nitrogen and oxygen atoms in total. The first-order valence-electron chi connectivity index (χ1n) is 5.93. The maximum atomic E-state index is 4.40. The van der Waals surface area contributed by atoms with E-state index in [0.717, 1.165) is 18.2 Å². The summed E-state index contributed by atoms with van der Waals surface area (Å²) >= 11 is 1.68. The second-order valence-corrected chi connectivity index (χ2v) is 5.31. The highest BCUT2D eigenvalue weighted by atomic mass is 32.2. The molecule has 5 heteroatoms. The lowest BCUT2D eigenvalue weighted by atomic mass is 9.97. The predicted molar refractivity (Wildman–Crippen MR) is 67.0 cm³/mol. The van der Waals surface area contributed by atoms with Crippen molar-refractivity contribution in [2.75, 3.05) is 19.3 Å². The molecular formula is C11H20N4S. The quantitative estimate of drug-likeness (QED) is 0.821. The zero-order valence-electron chi connectivity index (χ0n) is 10.2. The molecule has 0 saturated carbocycles. The molecule has 1 aliphatic heterocycles. The van der Waals surface area contributed by atoms with E-state index >= 15 is 0 Å². The SMILES string of the molecule is CSc1nnc(C2CCNCC2)n1C(C)C. The Morgan fingerprint density at radius 2 is 2.00 bits per heavy atom. The van der Waals surface area contributed by atoms with Gasteiger partial charge in [0.2, 0.25) is 0 Å². The lowest BCUT2D eigenvalue weighted by Gasteiger charge is -2.24. The fraction of sp³-hybridized carbons (Fsp3) is 0.818. The highest BCUT2D eigenvalue weighted by molar-refractivity contribution is 7.98. The fourth-order valence-corrected chi connectivity index (χ4v) is 2.89. The van der Waals surface area contributed by atoms with Crippen LogP contribution in [0.4, 0.5) is 0 Å². The van der Waals surface area contributed by atoms with E-state index in [1.807, 2.05) is 0 Å². The normalized spacial score (nSPS) is 18.2. The number of rotatable bonds is 3. The van der Waals surface area contributed by atoms with Crippen molar-refractivity contribution >= 4 is 11.8 Å². The van der Waals surface area contributed by atoms with Gasteiger partial charge in [-0.2, -0.15) is 0 Å². The van der Waals surface area contributed by atoms with Crippen LogP contribution in [-0.4, -0.2) is 34.1 Å². The Morgan fingerprint density at radius 3 is 2.56 bits per heavy atom. The van der Waals surface area contributed by atoms with Crippen molar-refractivity contribution in [1.82, 2.24) is 20.1 Å². The molecule has 0 bridgehead atoms. The summed E-state index contributed by atoms with van der Waals surface area (Å²) in [5, 5.41) is 13.1. The first-order valence-corrected chi connectivity index (χ1v) is 7.16. The standard InChI is InChI=1S/C11H20N4S/c1-8(2)15-10(13-14-11(15)16-3)9-4-6-12-7-5-9/h8-9,12H,4-7H2,1-3H3. The van der Waals surface area contributed by atoms with Crippen LogP contribution in [0.25, 0.3) is 0 Å². The molecule has 16 heavy (non-hydrogen) atoms. The summed E-state index contributed by atoms with van der Waals surface area (Å²) in [4.78, 5) is 0. The average molecular weight is 240 g/mol. The van der Waals surface area contributed by atoms with E-state index in [1.54, 1.807) is 11.8 Å². The largest absolute Gasteiger partial charge is 0.317 e. The first kappa shape index (κ1) is 11.9. The Labute approximate surface area is 101 Å². The number of hydrogen-bond donors (Lipinski definition) is 1. The number of nitrogens with zero attached hydrogens (tertiary/aromatic N) is 3. The molecule has 0 radical (unpaired) electrons. The van der Waals surface area contributed by atoms with E-state index in [-0.39, 0.29) is 0 Å². The van der Waals surface area contributed by atoms with Gasteiger partial charge in [0.05, 0.1) is 0 Å². The van der Waals surface area contributed by atoms with E-state index in [0.29, 0.717) is 12.0 Å². The van der Waals surface area contributed by atoms with Crippen molar-refractivity contribution in [3.8, 4) is 0 Å². The molecule has 1 N–H and O–H groups in total. The molecule has 0 aliphatic carbocycles. The lowest BCUT2D eigenvalue weighted by Crippen LogP contribution is -2.28. The minimum atomic E-state index is 0.447. The summed E-state index contributed by atoms with van der Waals surface area (Å²) < 4.78 is 2.29. The zero-order chi connectivity index (χ0) is 11.5. The molecule has 1 aliphatic rings. The topological polar surface area (TPSA) is 42.7 Å². The van der Waals surface area contributed by atoms with Gasteiger partial charge in [-0.15, -0.1) is 10.2 Å². The average Bonchev–Trinajstić information content (AvgIpc) is 2.73. The van der Waals surface area contributed by atoms with E-state index < -0.39 is 0 Å². The van der Waals surface area contributed by atoms with Crippen LogP contribution in [-0.2, 0) is 0 Å². The molecular weight excluding hydrogens is 220 g/mol. The highest BCUT2D eigenvalue weighted by Gasteiger charge is 2.23. The van der Waals surface area contributed by atoms with Crippen molar-refractivity contribution in [2.24, 2.45) is 0 Å². The summed E-state index contributed by atoms with van der Waals surface area (Å²) in [6.07, 6.45) is 4.42. The Bertz CT molecular complexity index is 342. The lowest BCUT2D eigenvalue weighted by molar-refractivity contribution is 0.412. The molecule has 0 spiro atoms. The number of piperidine rings is 1. The van der Waals surface area contributed by atoms with Gasteiger partial charge >= 0.3 is 0 Å². The van der Waals surface area contributed by atoms with Crippen LogP contribution in [0.15, 0.2) is 5.16 Å². The number of thioether (sulfide) groups is 1. The van der Waals surface area contributed by atoms with Crippen LogP contribution < -0.4 is 5.32 Å². The maximum Gasteiger partial charge on any atom is 0.191 e. The molecule has 0 unspecified atom stereocenters. The Balaban J connectivity index is 2.28. The van der Waals surface area contributed by atoms with Gasteiger partial charge in [-0.05, 0) is 46.0 Å². The van der Waals surface area contributed by atoms with Gasteiger partial charge in [-0.1, -0.05) is 11.8 Å². The Hall–Kier alpha value is -0.550. The zero-order valence-corrected chi connectivity index (χ0v) is 11.0. The summed E-state index contributed by atoms with van der Waals surface area (Å²) in [5.74, 6) is 1.76. The number of aromatic nitrogens is 3. The second-order valence-electron chi connectivity index (χ2n) is 4.53. The van der Waals surface area contributed by atoms with Crippen LogP contribution in [0.2, 0.25) is 0 Å². The van der Waals surface area contributed by atoms with Gasteiger partial charge in [0.1, 0.15) is 5.82 Å². The third kappa shape index (κ3) is 2.25. The van der Waals surface area contributed by atoms with Crippen molar-refractivity contribution in [1.29, 1.82) is 0 Å². The maximum absolute atomic E-state index is 4.40. The van der Waals surface area contributed by atoms with Gasteiger partial charge in [0.15, 0.2) is 5.16 Å². The summed E-state index contributed by atoms with van der Waals surface area (Å²) in [7, 11) is 0. The van der Waals surface area contributed by atoms with Gasteiger partial charge in [0, 0.05) is 12.0 Å². The van der Waals surface area contributed by atoms with Crippen molar-refractivity contribution < 1.29 is 0 Å². The second kappa shape index (κ2) is 5.19. The molecule has 2 rings (SSSR count). The van der Waals surface area contributed by atoms with Crippen LogP contribution >= 0.6 is 11.8 Å². The molecule has 1 saturated heterocycles. The molecule has 0 aromatic carbocycles. The molecule has 1 aromatic heterocycles.